The van der Waals surface area contributed by atoms with Crippen LogP contribution in [-0.4, -0.2) is 22.7 Å². The summed E-state index contributed by atoms with van der Waals surface area (Å²) in [7, 11) is 0. The third kappa shape index (κ3) is 4.64. The van der Waals surface area contributed by atoms with Gasteiger partial charge in [0.05, 0.1) is 10.8 Å². The molecule has 4 nitrogen and oxygen atoms in total. The highest BCUT2D eigenvalue weighted by Gasteiger charge is 2.20. The molecule has 2 atom stereocenters. The lowest BCUT2D eigenvalue weighted by Gasteiger charge is -2.17. The topological polar surface area (TPSA) is 65.8 Å². The number of hydrogen-bond donors (Lipinski definition) is 1. The Morgan fingerprint density at radius 3 is 2.46 bits per heavy atom. The molecule has 136 valence electrons. The fraction of sp³-hybridized carbons (Fsp3) is 0.381. The first-order valence-corrected chi connectivity index (χ1v) is 9.60. The van der Waals surface area contributed by atoms with Gasteiger partial charge in [0.1, 0.15) is 11.1 Å². The number of rotatable bonds is 6. The Morgan fingerprint density at radius 2 is 1.85 bits per heavy atom. The Balaban J connectivity index is 2.03. The van der Waals surface area contributed by atoms with Crippen LogP contribution in [0.25, 0.3) is 0 Å². The lowest BCUT2D eigenvalue weighted by Crippen LogP contribution is -2.33. The van der Waals surface area contributed by atoms with E-state index in [1.54, 1.807) is 0 Å². The zero-order chi connectivity index (χ0) is 19.3. The second-order valence-corrected chi connectivity index (χ2v) is 7.89. The summed E-state index contributed by atoms with van der Waals surface area (Å²) in [6, 6.07) is 12.4. The first kappa shape index (κ1) is 20.0. The molecule has 0 spiro atoms. The average molecular weight is 368 g/mol. The zero-order valence-corrected chi connectivity index (χ0v) is 16.8. The molecule has 26 heavy (non-hydrogen) atoms. The number of nitrogens with zero attached hydrogens (tertiary/aromatic N) is 2. The molecule has 0 bridgehead atoms. The molecular formula is C21H25N3OS. The number of benzene rings is 1. The van der Waals surface area contributed by atoms with Crippen LogP contribution in [-0.2, 0) is 4.79 Å². The molecule has 1 N–H and O–H groups in total. The monoisotopic (exact) mass is 367 g/mol. The number of aromatic nitrogens is 1. The van der Waals surface area contributed by atoms with Crippen molar-refractivity contribution in [3.8, 4) is 6.07 Å². The van der Waals surface area contributed by atoms with Gasteiger partial charge in [-0.15, -0.1) is 0 Å². The van der Waals surface area contributed by atoms with Gasteiger partial charge < -0.3 is 5.32 Å². The summed E-state index contributed by atoms with van der Waals surface area (Å²) in [5, 5.41) is 12.8. The predicted octanol–water partition coefficient (Wildman–Crippen LogP) is 4.28. The van der Waals surface area contributed by atoms with Gasteiger partial charge >= 0.3 is 0 Å². The summed E-state index contributed by atoms with van der Waals surface area (Å²) >= 11 is 1.34. The van der Waals surface area contributed by atoms with E-state index in [4.69, 9.17) is 0 Å². The van der Waals surface area contributed by atoms with Crippen molar-refractivity contribution in [2.45, 2.75) is 50.8 Å². The van der Waals surface area contributed by atoms with E-state index < -0.39 is 0 Å². The van der Waals surface area contributed by atoms with Crippen molar-refractivity contribution < 1.29 is 4.79 Å². The predicted molar refractivity (Wildman–Crippen MR) is 106 cm³/mol. The van der Waals surface area contributed by atoms with Crippen LogP contribution in [0.5, 0.6) is 0 Å². The summed E-state index contributed by atoms with van der Waals surface area (Å²) in [5.41, 5.74) is 4.63. The van der Waals surface area contributed by atoms with Crippen molar-refractivity contribution in [2.24, 2.45) is 0 Å². The van der Waals surface area contributed by atoms with Crippen LogP contribution in [0.3, 0.4) is 0 Å². The first-order valence-electron chi connectivity index (χ1n) is 8.72. The fourth-order valence-electron chi connectivity index (χ4n) is 2.65. The Kier molecular flexibility index (Phi) is 6.82. The molecule has 0 saturated heterocycles. The maximum absolute atomic E-state index is 12.5. The second-order valence-electron chi connectivity index (χ2n) is 6.56. The van der Waals surface area contributed by atoms with Gasteiger partial charge in [-0.05, 0) is 50.3 Å². The van der Waals surface area contributed by atoms with Crippen LogP contribution < -0.4 is 5.32 Å². The summed E-state index contributed by atoms with van der Waals surface area (Å²) < 4.78 is 0. The van der Waals surface area contributed by atoms with E-state index in [-0.39, 0.29) is 17.1 Å². The van der Waals surface area contributed by atoms with Crippen LogP contribution in [0, 0.1) is 32.1 Å². The molecule has 1 heterocycles. The normalized spacial score (nSPS) is 12.9. The van der Waals surface area contributed by atoms with Gasteiger partial charge in [-0.25, -0.2) is 4.98 Å². The van der Waals surface area contributed by atoms with E-state index in [0.717, 1.165) is 16.8 Å². The largest absolute Gasteiger partial charge is 0.355 e. The third-order valence-electron chi connectivity index (χ3n) is 4.68. The molecule has 0 radical (unpaired) electrons. The summed E-state index contributed by atoms with van der Waals surface area (Å²) in [5.74, 6) is 0.202. The van der Waals surface area contributed by atoms with Gasteiger partial charge in [-0.2, -0.15) is 5.26 Å². The molecule has 0 aliphatic heterocycles. The summed E-state index contributed by atoms with van der Waals surface area (Å²) in [6.45, 7) is 10.3. The molecule has 0 unspecified atom stereocenters. The van der Waals surface area contributed by atoms with Gasteiger partial charge in [-0.1, -0.05) is 49.0 Å². The average Bonchev–Trinajstić information content (AvgIpc) is 2.64. The Labute approximate surface area is 160 Å². The number of carbonyl (C=O) groups excluding carboxylic acids is 1. The van der Waals surface area contributed by atoms with Crippen molar-refractivity contribution in [3.05, 3.63) is 58.3 Å². The van der Waals surface area contributed by atoms with Gasteiger partial charge in [0.15, 0.2) is 0 Å². The van der Waals surface area contributed by atoms with Crippen molar-refractivity contribution in [1.82, 2.24) is 10.3 Å². The maximum atomic E-state index is 12.5. The Hall–Kier alpha value is -2.32. The SMILES string of the molecule is Cc1nc(S[C@H](C)C(=O)NC[C@H](C)c2ccccc2)c(C#N)c(C)c1C. The van der Waals surface area contributed by atoms with Gasteiger partial charge in [0, 0.05) is 12.2 Å². The van der Waals surface area contributed by atoms with Crippen LogP contribution in [0.1, 0.15) is 47.7 Å². The maximum Gasteiger partial charge on any atom is 0.233 e. The smallest absolute Gasteiger partial charge is 0.233 e. The Bertz CT molecular complexity index is 827. The van der Waals surface area contributed by atoms with Gasteiger partial charge in [0.25, 0.3) is 0 Å². The molecule has 1 amide bonds. The molecule has 2 aromatic rings. The number of nitriles is 1. The fourth-order valence-corrected chi connectivity index (χ4v) is 3.68. The molecule has 1 aromatic carbocycles. The van der Waals surface area contributed by atoms with E-state index in [1.807, 2.05) is 45.9 Å². The molecule has 0 aliphatic rings. The summed E-state index contributed by atoms with van der Waals surface area (Å²) in [4.78, 5) is 17.0. The number of amides is 1. The molecule has 0 fully saturated rings. The van der Waals surface area contributed by atoms with Crippen LogP contribution in [0.4, 0.5) is 0 Å². The number of pyridine rings is 1. The van der Waals surface area contributed by atoms with Gasteiger partial charge in [0.2, 0.25) is 5.91 Å². The third-order valence-corrected chi connectivity index (χ3v) is 5.77. The highest BCUT2D eigenvalue weighted by molar-refractivity contribution is 8.00. The molecule has 0 aliphatic carbocycles. The molecule has 0 saturated carbocycles. The number of thioether (sulfide) groups is 1. The van der Waals surface area contributed by atoms with E-state index in [1.165, 1.54) is 17.3 Å². The minimum absolute atomic E-state index is 0.0423. The van der Waals surface area contributed by atoms with E-state index in [9.17, 15) is 10.1 Å². The minimum atomic E-state index is -0.320. The second kappa shape index (κ2) is 8.86. The lowest BCUT2D eigenvalue weighted by atomic mass is 10.0. The highest BCUT2D eigenvalue weighted by Crippen LogP contribution is 2.29. The van der Waals surface area contributed by atoms with Crippen molar-refractivity contribution in [1.29, 1.82) is 5.26 Å². The number of hydrogen-bond acceptors (Lipinski definition) is 4. The van der Waals surface area contributed by atoms with E-state index >= 15 is 0 Å². The lowest BCUT2D eigenvalue weighted by molar-refractivity contribution is -0.120. The van der Waals surface area contributed by atoms with Crippen molar-refractivity contribution in [3.63, 3.8) is 0 Å². The van der Waals surface area contributed by atoms with E-state index in [2.05, 4.69) is 35.4 Å². The van der Waals surface area contributed by atoms with Crippen molar-refractivity contribution in [2.75, 3.05) is 6.54 Å². The first-order chi connectivity index (χ1) is 12.3. The van der Waals surface area contributed by atoms with Gasteiger partial charge in [-0.3, -0.25) is 4.79 Å². The van der Waals surface area contributed by atoms with E-state index in [0.29, 0.717) is 17.1 Å². The van der Waals surface area contributed by atoms with Crippen molar-refractivity contribution >= 4 is 17.7 Å². The standard InChI is InChI=1S/C21H25N3OS/c1-13(18-9-7-6-8-10-18)12-23-20(25)17(5)26-21-19(11-22)15(3)14(2)16(4)24-21/h6-10,13,17H,12H2,1-5H3,(H,23,25)/t13-,17+/m0/s1. The quantitative estimate of drug-likeness (QED) is 0.774. The van der Waals surface area contributed by atoms with Crippen LogP contribution >= 0.6 is 11.8 Å². The summed E-state index contributed by atoms with van der Waals surface area (Å²) in [6.07, 6.45) is 0. The number of nitrogens with one attached hydrogen (secondary N) is 1. The number of aryl methyl sites for hydroxylation is 1. The molecule has 2 rings (SSSR count). The van der Waals surface area contributed by atoms with Crippen LogP contribution in [0.15, 0.2) is 35.4 Å². The molecular weight excluding hydrogens is 342 g/mol. The molecule has 1 aromatic heterocycles. The zero-order valence-electron chi connectivity index (χ0n) is 16.0. The molecule has 5 heteroatoms. The Morgan fingerprint density at radius 1 is 1.19 bits per heavy atom. The van der Waals surface area contributed by atoms with Crippen LogP contribution in [0.2, 0.25) is 0 Å². The number of carbonyl (C=O) groups is 1. The minimum Gasteiger partial charge on any atom is -0.355 e. The highest BCUT2D eigenvalue weighted by atomic mass is 32.2.